The lowest BCUT2D eigenvalue weighted by Gasteiger charge is -2.22. The van der Waals surface area contributed by atoms with Gasteiger partial charge in [-0.05, 0) is 30.9 Å². The molecule has 0 amide bonds. The van der Waals surface area contributed by atoms with Crippen LogP contribution in [0.3, 0.4) is 0 Å². The van der Waals surface area contributed by atoms with Gasteiger partial charge in [-0.2, -0.15) is 0 Å². The average molecular weight is 250 g/mol. The van der Waals surface area contributed by atoms with E-state index in [-0.39, 0.29) is 10.6 Å². The van der Waals surface area contributed by atoms with Crippen molar-refractivity contribution in [2.75, 3.05) is 19.7 Å². The highest BCUT2D eigenvalue weighted by Crippen LogP contribution is 2.15. The monoisotopic (exact) mass is 250 g/mol. The Kier molecular flexibility index (Phi) is 4.66. The summed E-state index contributed by atoms with van der Waals surface area (Å²) in [5.74, 6) is 0.567. The first kappa shape index (κ1) is 13.0. The summed E-state index contributed by atoms with van der Waals surface area (Å²) in [6.07, 6.45) is 2.40. The molecular formula is C13H18N2O3. The van der Waals surface area contributed by atoms with E-state index in [1.165, 1.54) is 18.9 Å². The van der Waals surface area contributed by atoms with E-state index in [2.05, 4.69) is 5.32 Å². The first-order valence-corrected chi connectivity index (χ1v) is 6.27. The van der Waals surface area contributed by atoms with E-state index in [9.17, 15) is 10.1 Å². The summed E-state index contributed by atoms with van der Waals surface area (Å²) in [7, 11) is 0. The Morgan fingerprint density at radius 3 is 3.11 bits per heavy atom. The Hall–Kier alpha value is -1.46. The van der Waals surface area contributed by atoms with Crippen molar-refractivity contribution >= 4 is 5.69 Å². The molecule has 0 bridgehead atoms. The molecule has 5 nitrogen and oxygen atoms in total. The second-order valence-electron chi connectivity index (χ2n) is 4.65. The van der Waals surface area contributed by atoms with Gasteiger partial charge in [0.05, 0.1) is 18.1 Å². The summed E-state index contributed by atoms with van der Waals surface area (Å²) < 4.78 is 5.63. The summed E-state index contributed by atoms with van der Waals surface area (Å²) in [6.45, 7) is 3.27. The second-order valence-corrected chi connectivity index (χ2v) is 4.65. The lowest BCUT2D eigenvalue weighted by Crippen LogP contribution is -2.32. The van der Waals surface area contributed by atoms with Crippen LogP contribution >= 0.6 is 0 Å². The van der Waals surface area contributed by atoms with Crippen molar-refractivity contribution in [1.29, 1.82) is 0 Å². The smallest absolute Gasteiger partial charge is 0.269 e. The fraction of sp³-hybridized carbons (Fsp3) is 0.538. The van der Waals surface area contributed by atoms with E-state index in [0.29, 0.717) is 12.5 Å². The fourth-order valence-electron chi connectivity index (χ4n) is 2.17. The minimum absolute atomic E-state index is 0.121. The van der Waals surface area contributed by atoms with Crippen LogP contribution in [-0.4, -0.2) is 24.6 Å². The third-order valence-corrected chi connectivity index (χ3v) is 3.14. The number of hydrogen-bond donors (Lipinski definition) is 1. The van der Waals surface area contributed by atoms with E-state index in [0.717, 1.165) is 25.3 Å². The maximum absolute atomic E-state index is 10.6. The van der Waals surface area contributed by atoms with Crippen molar-refractivity contribution in [3.05, 3.63) is 39.9 Å². The molecule has 1 aromatic rings. The molecule has 0 aliphatic carbocycles. The molecule has 5 heteroatoms. The first-order valence-electron chi connectivity index (χ1n) is 6.27. The van der Waals surface area contributed by atoms with E-state index in [1.54, 1.807) is 12.1 Å². The molecule has 1 N–H and O–H groups in total. The van der Waals surface area contributed by atoms with Crippen molar-refractivity contribution in [3.63, 3.8) is 0 Å². The normalized spacial score (nSPS) is 19.7. The summed E-state index contributed by atoms with van der Waals surface area (Å²) >= 11 is 0. The Morgan fingerprint density at radius 2 is 2.39 bits per heavy atom. The quantitative estimate of drug-likeness (QED) is 0.642. The Morgan fingerprint density at radius 1 is 1.50 bits per heavy atom. The highest BCUT2D eigenvalue weighted by Gasteiger charge is 2.13. The Balaban J connectivity index is 1.78. The van der Waals surface area contributed by atoms with Crippen LogP contribution in [-0.2, 0) is 11.3 Å². The molecule has 1 unspecified atom stereocenters. The van der Waals surface area contributed by atoms with Crippen molar-refractivity contribution in [2.24, 2.45) is 5.92 Å². The van der Waals surface area contributed by atoms with Gasteiger partial charge in [-0.15, -0.1) is 0 Å². The predicted octanol–water partition coefficient (Wildman–Crippen LogP) is 2.11. The molecule has 2 rings (SSSR count). The maximum atomic E-state index is 10.6. The van der Waals surface area contributed by atoms with Crippen LogP contribution in [0.5, 0.6) is 0 Å². The Bertz CT molecular complexity index is 403. The number of nitrogens with one attached hydrogen (secondary N) is 1. The summed E-state index contributed by atoms with van der Waals surface area (Å²) in [5.41, 5.74) is 0.975. The molecule has 0 aromatic heterocycles. The van der Waals surface area contributed by atoms with Gasteiger partial charge in [-0.3, -0.25) is 10.1 Å². The molecule has 1 aliphatic rings. The molecule has 1 aliphatic heterocycles. The number of rotatable bonds is 5. The topological polar surface area (TPSA) is 64.4 Å². The number of ether oxygens (including phenoxy) is 1. The number of nitro benzene ring substituents is 1. The van der Waals surface area contributed by atoms with Crippen LogP contribution in [0.2, 0.25) is 0 Å². The Labute approximate surface area is 106 Å². The highest BCUT2D eigenvalue weighted by atomic mass is 16.6. The van der Waals surface area contributed by atoms with Gasteiger partial charge in [0.1, 0.15) is 0 Å². The molecule has 18 heavy (non-hydrogen) atoms. The molecule has 1 heterocycles. The van der Waals surface area contributed by atoms with Crippen LogP contribution in [0.15, 0.2) is 24.3 Å². The van der Waals surface area contributed by atoms with Gasteiger partial charge >= 0.3 is 0 Å². The van der Waals surface area contributed by atoms with Crippen molar-refractivity contribution in [2.45, 2.75) is 19.4 Å². The number of hydrogen-bond acceptors (Lipinski definition) is 4. The number of non-ortho nitro benzene ring substituents is 1. The van der Waals surface area contributed by atoms with Gasteiger partial charge < -0.3 is 10.1 Å². The minimum atomic E-state index is -0.380. The predicted molar refractivity (Wildman–Crippen MR) is 68.3 cm³/mol. The number of nitro groups is 1. The SMILES string of the molecule is O=[N+]([O-])c1cccc(COCC2CCCNC2)c1. The third kappa shape index (κ3) is 3.78. The summed E-state index contributed by atoms with van der Waals surface area (Å²) in [5, 5.41) is 14.0. The highest BCUT2D eigenvalue weighted by molar-refractivity contribution is 5.33. The standard InChI is InChI=1S/C13H18N2O3/c16-15(17)13-5-1-3-11(7-13)9-18-10-12-4-2-6-14-8-12/h1,3,5,7,12,14H,2,4,6,8-10H2. The largest absolute Gasteiger partial charge is 0.376 e. The zero-order valence-corrected chi connectivity index (χ0v) is 10.3. The van der Waals surface area contributed by atoms with Crippen molar-refractivity contribution in [3.8, 4) is 0 Å². The number of nitrogens with zero attached hydrogens (tertiary/aromatic N) is 1. The molecule has 1 saturated heterocycles. The molecule has 0 spiro atoms. The fourth-order valence-corrected chi connectivity index (χ4v) is 2.17. The van der Waals surface area contributed by atoms with Crippen LogP contribution < -0.4 is 5.32 Å². The molecule has 98 valence electrons. The second kappa shape index (κ2) is 6.47. The average Bonchev–Trinajstić information content (AvgIpc) is 2.40. The zero-order valence-electron chi connectivity index (χ0n) is 10.3. The molecular weight excluding hydrogens is 232 g/mol. The van der Waals surface area contributed by atoms with Gasteiger partial charge in [0, 0.05) is 18.7 Å². The van der Waals surface area contributed by atoms with E-state index < -0.39 is 0 Å². The van der Waals surface area contributed by atoms with Gasteiger partial charge in [-0.1, -0.05) is 12.1 Å². The van der Waals surface area contributed by atoms with Crippen LogP contribution in [0.4, 0.5) is 5.69 Å². The zero-order chi connectivity index (χ0) is 12.8. The van der Waals surface area contributed by atoms with Gasteiger partial charge in [0.15, 0.2) is 0 Å². The number of benzene rings is 1. The summed E-state index contributed by atoms with van der Waals surface area (Å²) in [4.78, 5) is 10.3. The van der Waals surface area contributed by atoms with Gasteiger partial charge in [-0.25, -0.2) is 0 Å². The lowest BCUT2D eigenvalue weighted by atomic mass is 10.0. The maximum Gasteiger partial charge on any atom is 0.269 e. The van der Waals surface area contributed by atoms with E-state index in [1.807, 2.05) is 6.07 Å². The van der Waals surface area contributed by atoms with Crippen LogP contribution in [0.1, 0.15) is 18.4 Å². The minimum Gasteiger partial charge on any atom is -0.376 e. The first-order chi connectivity index (χ1) is 8.75. The summed E-state index contributed by atoms with van der Waals surface area (Å²) in [6, 6.07) is 6.61. The lowest BCUT2D eigenvalue weighted by molar-refractivity contribution is -0.384. The van der Waals surface area contributed by atoms with Crippen LogP contribution in [0.25, 0.3) is 0 Å². The van der Waals surface area contributed by atoms with E-state index >= 15 is 0 Å². The van der Waals surface area contributed by atoms with Gasteiger partial charge in [0.25, 0.3) is 5.69 Å². The molecule has 1 aromatic carbocycles. The molecule has 1 fully saturated rings. The van der Waals surface area contributed by atoms with Crippen LogP contribution in [0, 0.1) is 16.0 Å². The molecule has 1 atom stereocenters. The molecule has 0 saturated carbocycles. The number of piperidine rings is 1. The van der Waals surface area contributed by atoms with Crippen molar-refractivity contribution in [1.82, 2.24) is 5.32 Å². The third-order valence-electron chi connectivity index (χ3n) is 3.14. The van der Waals surface area contributed by atoms with Gasteiger partial charge in [0.2, 0.25) is 0 Å². The van der Waals surface area contributed by atoms with Crippen molar-refractivity contribution < 1.29 is 9.66 Å². The van der Waals surface area contributed by atoms with E-state index in [4.69, 9.17) is 4.74 Å². The molecule has 0 radical (unpaired) electrons.